The number of hydrogen-bond acceptors (Lipinski definition) is 4. The summed E-state index contributed by atoms with van der Waals surface area (Å²) in [4.78, 5) is 14.1. The van der Waals surface area contributed by atoms with Crippen molar-refractivity contribution in [2.24, 2.45) is 0 Å². The third-order valence-corrected chi connectivity index (χ3v) is 4.64. The van der Waals surface area contributed by atoms with Gasteiger partial charge in [0.05, 0.1) is 23.2 Å². The van der Waals surface area contributed by atoms with Crippen LogP contribution in [0.1, 0.15) is 51.3 Å². The fourth-order valence-corrected chi connectivity index (χ4v) is 3.42. The Bertz CT molecular complexity index is 974. The summed E-state index contributed by atoms with van der Waals surface area (Å²) in [5.74, 6) is 0. The first-order chi connectivity index (χ1) is 15.0. The lowest BCUT2D eigenvalue weighted by molar-refractivity contribution is -0.137. The number of hydrogen-bond donors (Lipinski definition) is 1. The molecular formula is C24H28F3N3O2. The molecule has 5 nitrogen and oxygen atoms in total. The van der Waals surface area contributed by atoms with Gasteiger partial charge >= 0.3 is 12.3 Å². The smallest absolute Gasteiger partial charge is 0.416 e. The average molecular weight is 448 g/mol. The third-order valence-electron chi connectivity index (χ3n) is 4.64. The number of alkyl carbamates (subject to hydrolysis) is 1. The van der Waals surface area contributed by atoms with Gasteiger partial charge < -0.3 is 15.0 Å². The maximum absolute atomic E-state index is 12.9. The molecule has 0 saturated carbocycles. The molecule has 1 atom stereocenters. The molecule has 32 heavy (non-hydrogen) atoms. The van der Waals surface area contributed by atoms with E-state index in [1.54, 1.807) is 32.9 Å². The van der Waals surface area contributed by atoms with Gasteiger partial charge in [0, 0.05) is 17.9 Å². The second-order valence-electron chi connectivity index (χ2n) is 8.12. The van der Waals surface area contributed by atoms with Crippen LogP contribution in [-0.4, -0.2) is 24.3 Å². The molecule has 3 rings (SSSR count). The number of carbonyl (C=O) groups excluding carboxylic acids is 1. The number of nitrogens with one attached hydrogen (secondary N) is 1. The van der Waals surface area contributed by atoms with Crippen LogP contribution in [0, 0.1) is 11.3 Å². The maximum atomic E-state index is 12.9. The first-order valence-corrected chi connectivity index (χ1v) is 10.4. The highest BCUT2D eigenvalue weighted by atomic mass is 19.4. The first kappa shape index (κ1) is 25.1. The van der Waals surface area contributed by atoms with Crippen molar-refractivity contribution in [1.82, 2.24) is 5.32 Å². The Kier molecular flexibility index (Phi) is 7.78. The number of alkyl halides is 3. The van der Waals surface area contributed by atoms with Crippen LogP contribution in [0.15, 0.2) is 42.5 Å². The second kappa shape index (κ2) is 9.94. The van der Waals surface area contributed by atoms with E-state index in [4.69, 9.17) is 4.74 Å². The Morgan fingerprint density at radius 1 is 1.12 bits per heavy atom. The molecule has 0 radical (unpaired) electrons. The van der Waals surface area contributed by atoms with Gasteiger partial charge in [-0.2, -0.15) is 18.4 Å². The van der Waals surface area contributed by atoms with Crippen molar-refractivity contribution in [3.8, 4) is 6.07 Å². The number of amides is 1. The number of rotatable bonds is 2. The van der Waals surface area contributed by atoms with Gasteiger partial charge in [0.15, 0.2) is 0 Å². The van der Waals surface area contributed by atoms with E-state index in [-0.39, 0.29) is 6.04 Å². The minimum absolute atomic E-state index is 0.326. The molecule has 0 fully saturated rings. The lowest BCUT2D eigenvalue weighted by atomic mass is 9.93. The summed E-state index contributed by atoms with van der Waals surface area (Å²) in [5, 5.41) is 12.3. The number of nitriles is 1. The van der Waals surface area contributed by atoms with Gasteiger partial charge in [0.1, 0.15) is 5.60 Å². The molecule has 0 spiro atoms. The molecule has 1 N–H and O–H groups in total. The van der Waals surface area contributed by atoms with Gasteiger partial charge in [-0.25, -0.2) is 4.79 Å². The molecule has 0 bridgehead atoms. The zero-order valence-corrected chi connectivity index (χ0v) is 18.9. The monoisotopic (exact) mass is 447 g/mol. The number of fused-ring (bicyclic) bond motifs is 1. The number of carbonyl (C=O) groups is 1. The van der Waals surface area contributed by atoms with Gasteiger partial charge in [-0.3, -0.25) is 0 Å². The Balaban J connectivity index is 0.00000176. The van der Waals surface area contributed by atoms with Crippen LogP contribution in [0.3, 0.4) is 0 Å². The van der Waals surface area contributed by atoms with Crippen molar-refractivity contribution >= 4 is 17.5 Å². The van der Waals surface area contributed by atoms with Crippen LogP contribution < -0.4 is 10.2 Å². The van der Waals surface area contributed by atoms with Crippen LogP contribution in [0.4, 0.5) is 29.3 Å². The highest BCUT2D eigenvalue weighted by molar-refractivity contribution is 5.73. The number of benzene rings is 2. The van der Waals surface area contributed by atoms with E-state index < -0.39 is 23.4 Å². The van der Waals surface area contributed by atoms with E-state index >= 15 is 0 Å². The Morgan fingerprint density at radius 3 is 2.28 bits per heavy atom. The number of nitrogens with zero attached hydrogens (tertiary/aromatic N) is 2. The lowest BCUT2D eigenvalue weighted by Crippen LogP contribution is -2.48. The highest BCUT2D eigenvalue weighted by Gasteiger charge is 2.32. The molecule has 8 heteroatoms. The van der Waals surface area contributed by atoms with Crippen LogP contribution >= 0.6 is 0 Å². The summed E-state index contributed by atoms with van der Waals surface area (Å²) in [5.41, 5.74) is 1.05. The predicted molar refractivity (Wildman–Crippen MR) is 118 cm³/mol. The Hall–Kier alpha value is -3.21. The van der Waals surface area contributed by atoms with E-state index in [1.807, 2.05) is 24.8 Å². The van der Waals surface area contributed by atoms with Gasteiger partial charge in [0.2, 0.25) is 0 Å². The van der Waals surface area contributed by atoms with Gasteiger partial charge in [-0.05, 0) is 69.2 Å². The van der Waals surface area contributed by atoms with Crippen LogP contribution in [-0.2, 0) is 17.3 Å². The van der Waals surface area contributed by atoms with Crippen LogP contribution in [0.25, 0.3) is 0 Å². The predicted octanol–water partition coefficient (Wildman–Crippen LogP) is 6.19. The zero-order chi connectivity index (χ0) is 24.1. The fraction of sp³-hybridized carbons (Fsp3) is 0.417. The van der Waals surface area contributed by atoms with E-state index in [2.05, 4.69) is 11.4 Å². The molecule has 1 aliphatic rings. The topological polar surface area (TPSA) is 65.4 Å². The van der Waals surface area contributed by atoms with Crippen molar-refractivity contribution in [1.29, 1.82) is 5.26 Å². The van der Waals surface area contributed by atoms with Crippen molar-refractivity contribution in [3.63, 3.8) is 0 Å². The van der Waals surface area contributed by atoms with Crippen molar-refractivity contribution in [2.45, 2.75) is 58.9 Å². The zero-order valence-electron chi connectivity index (χ0n) is 18.9. The van der Waals surface area contributed by atoms with Crippen LogP contribution in [0.2, 0.25) is 0 Å². The van der Waals surface area contributed by atoms with Gasteiger partial charge in [-0.1, -0.05) is 19.9 Å². The summed E-state index contributed by atoms with van der Waals surface area (Å²) < 4.78 is 44.1. The van der Waals surface area contributed by atoms with E-state index in [0.29, 0.717) is 24.2 Å². The van der Waals surface area contributed by atoms with Gasteiger partial charge in [0.25, 0.3) is 0 Å². The Morgan fingerprint density at radius 2 is 1.75 bits per heavy atom. The van der Waals surface area contributed by atoms with Gasteiger partial charge in [-0.15, -0.1) is 0 Å². The molecule has 1 heterocycles. The molecule has 1 aliphatic heterocycles. The number of anilines is 2. The lowest BCUT2D eigenvalue weighted by Gasteiger charge is -2.37. The second-order valence-corrected chi connectivity index (χ2v) is 8.12. The standard InChI is InChI=1S/C22H22F3N3O2.C2H6/c1-21(2,3)30-20(29)27-16-11-18-14(12-26)5-4-6-19(18)28(13-16)17-9-7-15(8-10-17)22(23,24)25;1-2/h4-10,16H,11,13H2,1-3H3,(H,27,29);1-2H3. The van der Waals surface area contributed by atoms with Crippen molar-refractivity contribution in [2.75, 3.05) is 11.4 Å². The Labute approximate surface area is 186 Å². The molecular weight excluding hydrogens is 419 g/mol. The van der Waals surface area contributed by atoms with E-state index in [1.165, 1.54) is 12.1 Å². The molecule has 2 aromatic carbocycles. The maximum Gasteiger partial charge on any atom is 0.416 e. The minimum atomic E-state index is -4.42. The largest absolute Gasteiger partial charge is 0.444 e. The molecule has 0 aliphatic carbocycles. The summed E-state index contributed by atoms with van der Waals surface area (Å²) >= 11 is 0. The molecule has 0 saturated heterocycles. The molecule has 172 valence electrons. The normalized spacial score (nSPS) is 15.6. The SMILES string of the molecule is CC.CC(C)(C)OC(=O)NC1Cc2c(C#N)cccc2N(c2ccc(C(F)(F)F)cc2)C1. The molecule has 0 aromatic heterocycles. The van der Waals surface area contributed by atoms with Crippen LogP contribution in [0.5, 0.6) is 0 Å². The van der Waals surface area contributed by atoms with Crippen molar-refractivity contribution in [3.05, 3.63) is 59.2 Å². The summed E-state index contributed by atoms with van der Waals surface area (Å²) in [6, 6.07) is 11.8. The number of halogens is 3. The summed E-state index contributed by atoms with van der Waals surface area (Å²) in [6.45, 7) is 9.59. The number of ether oxygens (including phenoxy) is 1. The summed E-state index contributed by atoms with van der Waals surface area (Å²) in [6.07, 6.45) is -4.60. The first-order valence-electron chi connectivity index (χ1n) is 10.4. The molecule has 1 unspecified atom stereocenters. The molecule has 2 aromatic rings. The average Bonchev–Trinajstić information content (AvgIpc) is 2.72. The van der Waals surface area contributed by atoms with E-state index in [9.17, 15) is 23.2 Å². The van der Waals surface area contributed by atoms with E-state index in [0.717, 1.165) is 23.4 Å². The summed E-state index contributed by atoms with van der Waals surface area (Å²) in [7, 11) is 0. The molecule has 1 amide bonds. The highest BCUT2D eigenvalue weighted by Crippen LogP contribution is 2.37. The quantitative estimate of drug-likeness (QED) is 0.596. The fourth-order valence-electron chi connectivity index (χ4n) is 3.42. The third kappa shape index (κ3) is 6.16. The van der Waals surface area contributed by atoms with Crippen molar-refractivity contribution < 1.29 is 22.7 Å². The minimum Gasteiger partial charge on any atom is -0.444 e.